The van der Waals surface area contributed by atoms with E-state index in [-0.39, 0.29) is 19.1 Å². The van der Waals surface area contributed by atoms with Gasteiger partial charge in [0.05, 0.1) is 13.2 Å². The molecule has 0 radical (unpaired) electrons. The number of alkyl carbamates (subject to hydrolysis) is 1. The fraction of sp³-hybridized carbons (Fsp3) is 0.846. The number of rotatable bonds is 7. The number of carbonyl (C=O) groups excluding carboxylic acids is 2. The lowest BCUT2D eigenvalue weighted by atomic mass is 10.2. The molecule has 2 N–H and O–H groups in total. The van der Waals surface area contributed by atoms with Crippen molar-refractivity contribution in [3.63, 3.8) is 0 Å². The van der Waals surface area contributed by atoms with Crippen LogP contribution in [-0.2, 0) is 9.53 Å². The van der Waals surface area contributed by atoms with Crippen molar-refractivity contribution in [2.75, 3.05) is 32.8 Å². The van der Waals surface area contributed by atoms with Crippen molar-refractivity contribution >= 4 is 12.0 Å². The van der Waals surface area contributed by atoms with E-state index in [4.69, 9.17) is 0 Å². The zero-order valence-corrected chi connectivity index (χ0v) is 11.9. The smallest absolute Gasteiger partial charge is 0.413 e. The third kappa shape index (κ3) is 6.54. The maximum Gasteiger partial charge on any atom is 0.413 e. The van der Waals surface area contributed by atoms with Crippen LogP contribution in [0, 0.1) is 0 Å². The van der Waals surface area contributed by atoms with Gasteiger partial charge in [-0.1, -0.05) is 6.92 Å². The van der Waals surface area contributed by atoms with Crippen LogP contribution in [0.3, 0.4) is 0 Å². The fourth-order valence-electron chi connectivity index (χ4n) is 2.30. The maximum atomic E-state index is 11.7. The summed E-state index contributed by atoms with van der Waals surface area (Å²) < 4.78 is 4.69. The van der Waals surface area contributed by atoms with Gasteiger partial charge in [-0.15, -0.1) is 0 Å². The summed E-state index contributed by atoms with van der Waals surface area (Å²) in [5, 5.41) is 5.65. The quantitative estimate of drug-likeness (QED) is 0.714. The SMILES string of the molecule is CCCN(CC(=O)NC(=O)OCC)CC1CCCN1. The van der Waals surface area contributed by atoms with E-state index in [9.17, 15) is 9.59 Å². The first-order valence-electron chi connectivity index (χ1n) is 7.08. The minimum Gasteiger partial charge on any atom is -0.450 e. The summed E-state index contributed by atoms with van der Waals surface area (Å²) in [5.41, 5.74) is 0. The number of nitrogens with one attached hydrogen (secondary N) is 2. The number of amides is 2. The van der Waals surface area contributed by atoms with Crippen molar-refractivity contribution in [3.8, 4) is 0 Å². The van der Waals surface area contributed by atoms with Crippen LogP contribution in [0.15, 0.2) is 0 Å². The molecule has 1 aliphatic heterocycles. The van der Waals surface area contributed by atoms with Gasteiger partial charge < -0.3 is 10.1 Å². The normalized spacial score (nSPS) is 18.6. The van der Waals surface area contributed by atoms with E-state index in [1.54, 1.807) is 6.92 Å². The highest BCUT2D eigenvalue weighted by Gasteiger charge is 2.19. The Morgan fingerprint density at radius 2 is 2.21 bits per heavy atom. The maximum absolute atomic E-state index is 11.7. The molecule has 0 aromatic carbocycles. The fourth-order valence-corrected chi connectivity index (χ4v) is 2.30. The predicted molar refractivity (Wildman–Crippen MR) is 72.9 cm³/mol. The monoisotopic (exact) mass is 271 g/mol. The average Bonchev–Trinajstić information content (AvgIpc) is 2.82. The number of carbonyl (C=O) groups is 2. The molecule has 6 nitrogen and oxygen atoms in total. The van der Waals surface area contributed by atoms with E-state index in [0.29, 0.717) is 6.04 Å². The van der Waals surface area contributed by atoms with Gasteiger partial charge in [0.15, 0.2) is 0 Å². The lowest BCUT2D eigenvalue weighted by Gasteiger charge is -2.24. The number of ether oxygens (including phenoxy) is 1. The molecule has 1 aliphatic rings. The highest BCUT2D eigenvalue weighted by molar-refractivity contribution is 5.92. The number of hydrogen-bond donors (Lipinski definition) is 2. The molecule has 1 saturated heterocycles. The zero-order valence-electron chi connectivity index (χ0n) is 11.9. The second-order valence-electron chi connectivity index (χ2n) is 4.80. The first kappa shape index (κ1) is 15.9. The van der Waals surface area contributed by atoms with Crippen LogP contribution in [0.25, 0.3) is 0 Å². The van der Waals surface area contributed by atoms with Gasteiger partial charge in [0.25, 0.3) is 0 Å². The molecule has 6 heteroatoms. The van der Waals surface area contributed by atoms with Crippen molar-refractivity contribution in [1.29, 1.82) is 0 Å². The molecular formula is C13H25N3O3. The molecule has 2 amide bonds. The van der Waals surface area contributed by atoms with Crippen LogP contribution in [0.2, 0.25) is 0 Å². The topological polar surface area (TPSA) is 70.7 Å². The lowest BCUT2D eigenvalue weighted by molar-refractivity contribution is -0.121. The molecular weight excluding hydrogens is 246 g/mol. The molecule has 1 heterocycles. The van der Waals surface area contributed by atoms with E-state index in [1.165, 1.54) is 6.42 Å². The van der Waals surface area contributed by atoms with Gasteiger partial charge in [0.2, 0.25) is 5.91 Å². The Balaban J connectivity index is 2.34. The summed E-state index contributed by atoms with van der Waals surface area (Å²) in [4.78, 5) is 24.9. The molecule has 0 aromatic heterocycles. The van der Waals surface area contributed by atoms with Crippen LogP contribution in [0.4, 0.5) is 4.79 Å². The average molecular weight is 271 g/mol. The molecule has 1 fully saturated rings. The summed E-state index contributed by atoms with van der Waals surface area (Å²) in [6, 6.07) is 0.460. The van der Waals surface area contributed by atoms with E-state index in [2.05, 4.69) is 27.2 Å². The molecule has 0 aromatic rings. The van der Waals surface area contributed by atoms with E-state index in [0.717, 1.165) is 32.5 Å². The van der Waals surface area contributed by atoms with Gasteiger partial charge in [0, 0.05) is 12.6 Å². The summed E-state index contributed by atoms with van der Waals surface area (Å²) in [7, 11) is 0. The van der Waals surface area contributed by atoms with Gasteiger partial charge in [-0.3, -0.25) is 15.0 Å². The third-order valence-electron chi connectivity index (χ3n) is 3.06. The van der Waals surface area contributed by atoms with Gasteiger partial charge in [0.1, 0.15) is 0 Å². The number of imide groups is 1. The lowest BCUT2D eigenvalue weighted by Crippen LogP contribution is -2.44. The number of hydrogen-bond acceptors (Lipinski definition) is 5. The highest BCUT2D eigenvalue weighted by atomic mass is 16.5. The van der Waals surface area contributed by atoms with Crippen molar-refractivity contribution in [2.24, 2.45) is 0 Å². The molecule has 1 atom stereocenters. The summed E-state index contributed by atoms with van der Waals surface area (Å²) >= 11 is 0. The summed E-state index contributed by atoms with van der Waals surface area (Å²) in [5.74, 6) is -0.301. The van der Waals surface area contributed by atoms with Crippen molar-refractivity contribution in [1.82, 2.24) is 15.5 Å². The van der Waals surface area contributed by atoms with Gasteiger partial charge in [-0.25, -0.2) is 4.79 Å². The predicted octanol–water partition coefficient (Wildman–Crippen LogP) is 0.723. The minimum absolute atomic E-state index is 0.241. The van der Waals surface area contributed by atoms with Crippen molar-refractivity contribution in [3.05, 3.63) is 0 Å². The molecule has 19 heavy (non-hydrogen) atoms. The number of nitrogens with zero attached hydrogens (tertiary/aromatic N) is 1. The Bertz CT molecular complexity index is 291. The first-order valence-corrected chi connectivity index (χ1v) is 7.08. The van der Waals surface area contributed by atoms with Gasteiger partial charge in [-0.2, -0.15) is 0 Å². The largest absolute Gasteiger partial charge is 0.450 e. The van der Waals surface area contributed by atoms with Gasteiger partial charge in [-0.05, 0) is 39.3 Å². The second-order valence-corrected chi connectivity index (χ2v) is 4.80. The standard InChI is InChI=1S/C13H25N3O3/c1-3-8-16(9-11-6-5-7-14-11)10-12(17)15-13(18)19-4-2/h11,14H,3-10H2,1-2H3,(H,15,17,18). The van der Waals surface area contributed by atoms with Crippen LogP contribution in [0.1, 0.15) is 33.1 Å². The molecule has 0 spiro atoms. The van der Waals surface area contributed by atoms with Crippen LogP contribution < -0.4 is 10.6 Å². The van der Waals surface area contributed by atoms with E-state index in [1.807, 2.05) is 0 Å². The molecule has 0 aliphatic carbocycles. The van der Waals surface area contributed by atoms with Crippen LogP contribution in [-0.4, -0.2) is 55.7 Å². The van der Waals surface area contributed by atoms with Crippen molar-refractivity contribution < 1.29 is 14.3 Å². The molecule has 1 unspecified atom stereocenters. The van der Waals surface area contributed by atoms with E-state index < -0.39 is 6.09 Å². The Kier molecular flexibility index (Phi) is 7.43. The molecule has 110 valence electrons. The third-order valence-corrected chi connectivity index (χ3v) is 3.06. The molecule has 0 bridgehead atoms. The Labute approximate surface area is 114 Å². The first-order chi connectivity index (χ1) is 9.15. The summed E-state index contributed by atoms with van der Waals surface area (Å²) in [6.45, 7) is 7.06. The summed E-state index contributed by atoms with van der Waals surface area (Å²) in [6.07, 6.45) is 2.67. The van der Waals surface area contributed by atoms with Crippen LogP contribution >= 0.6 is 0 Å². The van der Waals surface area contributed by atoms with Crippen LogP contribution in [0.5, 0.6) is 0 Å². The Morgan fingerprint density at radius 1 is 1.42 bits per heavy atom. The van der Waals surface area contributed by atoms with Gasteiger partial charge >= 0.3 is 6.09 Å². The Morgan fingerprint density at radius 3 is 2.79 bits per heavy atom. The minimum atomic E-state index is -0.664. The zero-order chi connectivity index (χ0) is 14.1. The van der Waals surface area contributed by atoms with E-state index >= 15 is 0 Å². The Hall–Kier alpha value is -1.14. The van der Waals surface area contributed by atoms with Crippen molar-refractivity contribution in [2.45, 2.75) is 39.2 Å². The molecule has 0 saturated carbocycles. The highest BCUT2D eigenvalue weighted by Crippen LogP contribution is 2.07. The molecule has 1 rings (SSSR count). The second kappa shape index (κ2) is 8.87.